The predicted molar refractivity (Wildman–Crippen MR) is 80.2 cm³/mol. The van der Waals surface area contributed by atoms with E-state index in [0.717, 1.165) is 38.9 Å². The van der Waals surface area contributed by atoms with Crippen LogP contribution in [0.2, 0.25) is 0 Å². The standard InChI is InChI=1S/C15H31N3O/c1-12(2)9-13(18(4)5)10-17-14(19)15(3)7-6-8-16-11-15/h12-13,16H,6-11H2,1-5H3,(H,17,19). The number of hydrogen-bond donors (Lipinski definition) is 2. The number of likely N-dealkylation sites (N-methyl/N-ethyl adjacent to an activating group) is 1. The number of rotatable bonds is 6. The van der Waals surface area contributed by atoms with Crippen molar-refractivity contribution < 1.29 is 4.79 Å². The monoisotopic (exact) mass is 269 g/mol. The third-order valence-electron chi connectivity index (χ3n) is 4.12. The van der Waals surface area contributed by atoms with Gasteiger partial charge in [0.05, 0.1) is 5.41 Å². The van der Waals surface area contributed by atoms with Crippen molar-refractivity contribution in [2.75, 3.05) is 33.7 Å². The molecule has 0 aromatic carbocycles. The molecule has 4 heteroatoms. The van der Waals surface area contributed by atoms with Gasteiger partial charge in [0.15, 0.2) is 0 Å². The van der Waals surface area contributed by atoms with E-state index in [1.165, 1.54) is 0 Å². The van der Waals surface area contributed by atoms with E-state index in [4.69, 9.17) is 0 Å². The Balaban J connectivity index is 2.46. The summed E-state index contributed by atoms with van der Waals surface area (Å²) in [6, 6.07) is 0.420. The lowest BCUT2D eigenvalue weighted by atomic mass is 9.82. The summed E-state index contributed by atoms with van der Waals surface area (Å²) in [6.07, 6.45) is 3.19. The van der Waals surface area contributed by atoms with Gasteiger partial charge in [-0.3, -0.25) is 4.79 Å². The third kappa shape index (κ3) is 5.11. The quantitative estimate of drug-likeness (QED) is 0.767. The van der Waals surface area contributed by atoms with Gasteiger partial charge in [0, 0.05) is 19.1 Å². The van der Waals surface area contributed by atoms with Gasteiger partial charge in [0.25, 0.3) is 0 Å². The van der Waals surface area contributed by atoms with Gasteiger partial charge in [-0.1, -0.05) is 13.8 Å². The van der Waals surface area contributed by atoms with E-state index in [0.29, 0.717) is 12.0 Å². The summed E-state index contributed by atoms with van der Waals surface area (Å²) in [6.45, 7) is 9.11. The van der Waals surface area contributed by atoms with Crippen LogP contribution in [0.15, 0.2) is 0 Å². The molecule has 1 saturated heterocycles. The molecule has 1 heterocycles. The number of carbonyl (C=O) groups excluding carboxylic acids is 1. The van der Waals surface area contributed by atoms with Gasteiger partial charge in [-0.15, -0.1) is 0 Å². The van der Waals surface area contributed by atoms with Crippen molar-refractivity contribution in [2.45, 2.75) is 46.1 Å². The fraction of sp³-hybridized carbons (Fsp3) is 0.933. The molecule has 0 aliphatic carbocycles. The van der Waals surface area contributed by atoms with E-state index in [2.05, 4.69) is 50.4 Å². The zero-order chi connectivity index (χ0) is 14.5. The molecule has 0 radical (unpaired) electrons. The topological polar surface area (TPSA) is 44.4 Å². The van der Waals surface area contributed by atoms with Crippen molar-refractivity contribution >= 4 is 5.91 Å². The molecule has 2 unspecified atom stereocenters. The maximum absolute atomic E-state index is 12.4. The van der Waals surface area contributed by atoms with Crippen molar-refractivity contribution in [2.24, 2.45) is 11.3 Å². The zero-order valence-electron chi connectivity index (χ0n) is 13.3. The minimum Gasteiger partial charge on any atom is -0.354 e. The Morgan fingerprint density at radius 2 is 2.11 bits per heavy atom. The molecule has 2 atom stereocenters. The lowest BCUT2D eigenvalue weighted by Crippen LogP contribution is -2.51. The van der Waals surface area contributed by atoms with E-state index >= 15 is 0 Å². The highest BCUT2D eigenvalue weighted by Crippen LogP contribution is 2.25. The van der Waals surface area contributed by atoms with Crippen LogP contribution in [0.5, 0.6) is 0 Å². The van der Waals surface area contributed by atoms with Crippen molar-refractivity contribution in [3.8, 4) is 0 Å². The van der Waals surface area contributed by atoms with E-state index in [9.17, 15) is 4.79 Å². The molecular weight excluding hydrogens is 238 g/mol. The molecule has 1 rings (SSSR count). The van der Waals surface area contributed by atoms with Gasteiger partial charge in [-0.05, 0) is 52.7 Å². The first kappa shape index (κ1) is 16.4. The van der Waals surface area contributed by atoms with Crippen LogP contribution >= 0.6 is 0 Å². The van der Waals surface area contributed by atoms with Crippen molar-refractivity contribution in [1.29, 1.82) is 0 Å². The number of nitrogens with one attached hydrogen (secondary N) is 2. The number of hydrogen-bond acceptors (Lipinski definition) is 3. The van der Waals surface area contributed by atoms with Crippen LogP contribution in [0.3, 0.4) is 0 Å². The second-order valence-electron chi connectivity index (χ2n) is 6.80. The number of carbonyl (C=O) groups is 1. The molecule has 0 aromatic rings. The molecule has 112 valence electrons. The Morgan fingerprint density at radius 1 is 1.42 bits per heavy atom. The highest BCUT2D eigenvalue weighted by Gasteiger charge is 2.34. The molecule has 0 spiro atoms. The summed E-state index contributed by atoms with van der Waals surface area (Å²) in [5, 5.41) is 6.49. The lowest BCUT2D eigenvalue weighted by molar-refractivity contribution is -0.131. The molecular formula is C15H31N3O. The molecule has 1 fully saturated rings. The first-order valence-corrected chi connectivity index (χ1v) is 7.50. The van der Waals surface area contributed by atoms with E-state index in [-0.39, 0.29) is 11.3 Å². The molecule has 0 bridgehead atoms. The summed E-state index contributed by atoms with van der Waals surface area (Å²) in [5.74, 6) is 0.853. The first-order chi connectivity index (χ1) is 8.85. The number of amides is 1. The summed E-state index contributed by atoms with van der Waals surface area (Å²) in [5.41, 5.74) is -0.229. The number of nitrogens with zero attached hydrogens (tertiary/aromatic N) is 1. The van der Waals surface area contributed by atoms with Crippen LogP contribution in [-0.4, -0.2) is 50.6 Å². The van der Waals surface area contributed by atoms with Crippen molar-refractivity contribution in [3.63, 3.8) is 0 Å². The van der Waals surface area contributed by atoms with Gasteiger partial charge in [0.1, 0.15) is 0 Å². The Morgan fingerprint density at radius 3 is 2.58 bits per heavy atom. The molecule has 0 aromatic heterocycles. The summed E-state index contributed by atoms with van der Waals surface area (Å²) >= 11 is 0. The van der Waals surface area contributed by atoms with Crippen LogP contribution < -0.4 is 10.6 Å². The van der Waals surface area contributed by atoms with E-state index in [1.54, 1.807) is 0 Å². The predicted octanol–water partition coefficient (Wildman–Crippen LogP) is 1.47. The Labute approximate surface area is 118 Å². The second-order valence-corrected chi connectivity index (χ2v) is 6.80. The fourth-order valence-electron chi connectivity index (χ4n) is 2.69. The van der Waals surface area contributed by atoms with Crippen LogP contribution in [-0.2, 0) is 4.79 Å². The smallest absolute Gasteiger partial charge is 0.227 e. The lowest BCUT2D eigenvalue weighted by Gasteiger charge is -2.34. The van der Waals surface area contributed by atoms with Crippen LogP contribution in [0.1, 0.15) is 40.0 Å². The maximum atomic E-state index is 12.4. The first-order valence-electron chi connectivity index (χ1n) is 7.50. The summed E-state index contributed by atoms with van der Waals surface area (Å²) in [7, 11) is 4.17. The maximum Gasteiger partial charge on any atom is 0.227 e. The average molecular weight is 269 g/mol. The normalized spacial score (nSPS) is 25.6. The van der Waals surface area contributed by atoms with Crippen LogP contribution in [0.4, 0.5) is 0 Å². The van der Waals surface area contributed by atoms with E-state index < -0.39 is 0 Å². The highest BCUT2D eigenvalue weighted by molar-refractivity contribution is 5.82. The van der Waals surface area contributed by atoms with Gasteiger partial charge >= 0.3 is 0 Å². The van der Waals surface area contributed by atoms with Gasteiger partial charge < -0.3 is 15.5 Å². The highest BCUT2D eigenvalue weighted by atomic mass is 16.2. The average Bonchev–Trinajstić information content (AvgIpc) is 2.34. The Bertz CT molecular complexity index is 283. The minimum atomic E-state index is -0.229. The van der Waals surface area contributed by atoms with Gasteiger partial charge in [0.2, 0.25) is 5.91 Å². The van der Waals surface area contributed by atoms with E-state index in [1.807, 2.05) is 0 Å². The molecule has 2 N–H and O–H groups in total. The van der Waals surface area contributed by atoms with Gasteiger partial charge in [-0.2, -0.15) is 0 Å². The third-order valence-corrected chi connectivity index (χ3v) is 4.12. The zero-order valence-corrected chi connectivity index (χ0v) is 13.3. The van der Waals surface area contributed by atoms with Crippen LogP contribution in [0.25, 0.3) is 0 Å². The number of piperidine rings is 1. The fourth-order valence-corrected chi connectivity index (χ4v) is 2.69. The summed E-state index contributed by atoms with van der Waals surface area (Å²) in [4.78, 5) is 14.6. The molecule has 1 amide bonds. The Hall–Kier alpha value is -0.610. The van der Waals surface area contributed by atoms with Crippen LogP contribution in [0, 0.1) is 11.3 Å². The summed E-state index contributed by atoms with van der Waals surface area (Å²) < 4.78 is 0. The van der Waals surface area contributed by atoms with Gasteiger partial charge in [-0.25, -0.2) is 0 Å². The largest absolute Gasteiger partial charge is 0.354 e. The SMILES string of the molecule is CC(C)CC(CNC(=O)C1(C)CCCNC1)N(C)C. The Kier molecular flexibility index (Phi) is 6.27. The molecule has 4 nitrogen and oxygen atoms in total. The molecule has 0 saturated carbocycles. The molecule has 1 aliphatic rings. The van der Waals surface area contributed by atoms with Crippen molar-refractivity contribution in [3.05, 3.63) is 0 Å². The second kappa shape index (κ2) is 7.25. The molecule has 1 aliphatic heterocycles. The van der Waals surface area contributed by atoms with Crippen molar-refractivity contribution in [1.82, 2.24) is 15.5 Å². The molecule has 19 heavy (non-hydrogen) atoms. The minimum absolute atomic E-state index is 0.204.